The number of para-hydroxylation sites is 2. The second-order valence-electron chi connectivity index (χ2n) is 14.8. The van der Waals surface area contributed by atoms with Gasteiger partial charge < -0.3 is 4.74 Å². The van der Waals surface area contributed by atoms with E-state index in [0.29, 0.717) is 11.4 Å². The molecule has 2 heterocycles. The van der Waals surface area contributed by atoms with Crippen molar-refractivity contribution in [3.05, 3.63) is 228 Å². The molecule has 1 aliphatic carbocycles. The minimum atomic E-state index is -0.631. The minimum absolute atomic E-state index is 0.626. The van der Waals surface area contributed by atoms with Gasteiger partial charge in [-0.3, -0.25) is 0 Å². The molecular weight excluding hydrogens is 707 g/mol. The summed E-state index contributed by atoms with van der Waals surface area (Å²) >= 11 is 0. The van der Waals surface area contributed by atoms with E-state index in [-0.39, 0.29) is 0 Å². The second kappa shape index (κ2) is 13.4. The first-order chi connectivity index (χ1) is 28.7. The Morgan fingerprint density at radius 3 is 1.62 bits per heavy atom. The number of benzene rings is 8. The van der Waals surface area contributed by atoms with E-state index < -0.39 is 5.41 Å². The first kappa shape index (κ1) is 33.5. The van der Waals surface area contributed by atoms with Gasteiger partial charge in [0.25, 0.3) is 0 Å². The molecule has 0 N–H and O–H groups in total. The van der Waals surface area contributed by atoms with Gasteiger partial charge in [0.05, 0.1) is 28.4 Å². The van der Waals surface area contributed by atoms with E-state index in [1.807, 2.05) is 66.7 Å². The van der Waals surface area contributed by atoms with Crippen LogP contribution in [0, 0.1) is 11.3 Å². The van der Waals surface area contributed by atoms with Gasteiger partial charge in [0.2, 0.25) is 0 Å². The molecule has 8 aromatic carbocycles. The van der Waals surface area contributed by atoms with Crippen LogP contribution in [-0.2, 0) is 5.41 Å². The van der Waals surface area contributed by atoms with Crippen LogP contribution >= 0.6 is 0 Å². The van der Waals surface area contributed by atoms with Crippen molar-refractivity contribution < 1.29 is 4.74 Å². The molecule has 4 heteroatoms. The molecule has 9 aromatic rings. The molecule has 0 amide bonds. The van der Waals surface area contributed by atoms with Crippen LogP contribution in [0.4, 0.5) is 0 Å². The molecule has 0 radical (unpaired) electrons. The molecule has 11 rings (SSSR count). The van der Waals surface area contributed by atoms with Crippen molar-refractivity contribution in [2.75, 3.05) is 0 Å². The quantitative estimate of drug-likeness (QED) is 0.176. The van der Waals surface area contributed by atoms with Gasteiger partial charge in [-0.25, -0.2) is 9.97 Å². The average Bonchev–Trinajstić information content (AvgIpc) is 3.60. The molecule has 0 saturated carbocycles. The van der Waals surface area contributed by atoms with Gasteiger partial charge in [-0.05, 0) is 63.2 Å². The Morgan fingerprint density at radius 2 is 0.931 bits per heavy atom. The van der Waals surface area contributed by atoms with E-state index in [1.54, 1.807) is 0 Å². The standard InChI is InChI=1S/C54H33N3O/c55-34-35-25-27-37(28-26-35)42-19-12-23-47-52(42)58-50-24-10-9-21-45(50)54(47)44-20-8-7-17-43(44)51-41(18-11-22-46(51)54)36-29-31-40(32-30-36)53-56-48(38-13-3-1-4-14-38)33-49(57-53)39-15-5-2-6-16-39/h1-33H. The van der Waals surface area contributed by atoms with Crippen LogP contribution in [0.2, 0.25) is 0 Å². The zero-order chi connectivity index (χ0) is 38.6. The first-order valence-corrected chi connectivity index (χ1v) is 19.5. The molecule has 1 unspecified atom stereocenters. The maximum absolute atomic E-state index is 9.51. The number of hydrogen-bond donors (Lipinski definition) is 0. The fraction of sp³-hybridized carbons (Fsp3) is 0.0185. The third-order valence-corrected chi connectivity index (χ3v) is 11.6. The first-order valence-electron chi connectivity index (χ1n) is 19.5. The van der Waals surface area contributed by atoms with Crippen molar-refractivity contribution >= 4 is 0 Å². The Kier molecular flexibility index (Phi) is 7.74. The summed E-state index contributed by atoms with van der Waals surface area (Å²) in [7, 11) is 0. The molecule has 1 aromatic heterocycles. The lowest BCUT2D eigenvalue weighted by Gasteiger charge is -2.40. The molecule has 4 nitrogen and oxygen atoms in total. The van der Waals surface area contributed by atoms with Crippen LogP contribution in [0.15, 0.2) is 200 Å². The van der Waals surface area contributed by atoms with Crippen molar-refractivity contribution in [1.82, 2.24) is 9.97 Å². The minimum Gasteiger partial charge on any atom is -0.456 e. The van der Waals surface area contributed by atoms with Gasteiger partial charge in [0.1, 0.15) is 11.5 Å². The Hall–Kier alpha value is -7.87. The largest absolute Gasteiger partial charge is 0.456 e. The predicted molar refractivity (Wildman–Crippen MR) is 231 cm³/mol. The number of fused-ring (bicyclic) bond motifs is 9. The normalized spacial score (nSPS) is 14.4. The maximum Gasteiger partial charge on any atom is 0.160 e. The molecule has 1 aliphatic heterocycles. The summed E-state index contributed by atoms with van der Waals surface area (Å²) in [5.74, 6) is 2.35. The number of nitrogens with zero attached hydrogens (tertiary/aromatic N) is 3. The van der Waals surface area contributed by atoms with E-state index in [1.165, 1.54) is 22.3 Å². The summed E-state index contributed by atoms with van der Waals surface area (Å²) in [6.45, 7) is 0. The highest BCUT2D eigenvalue weighted by molar-refractivity contribution is 5.97. The van der Waals surface area contributed by atoms with E-state index in [4.69, 9.17) is 14.7 Å². The van der Waals surface area contributed by atoms with Crippen molar-refractivity contribution in [2.24, 2.45) is 0 Å². The molecule has 1 atom stereocenters. The van der Waals surface area contributed by atoms with E-state index in [9.17, 15) is 5.26 Å². The summed E-state index contributed by atoms with van der Waals surface area (Å²) in [5.41, 5.74) is 16.1. The lowest BCUT2D eigenvalue weighted by Crippen LogP contribution is -2.32. The predicted octanol–water partition coefficient (Wildman–Crippen LogP) is 13.2. The van der Waals surface area contributed by atoms with Gasteiger partial charge in [-0.2, -0.15) is 5.26 Å². The number of ether oxygens (including phenoxy) is 1. The Labute approximate surface area is 337 Å². The Morgan fingerprint density at radius 1 is 0.414 bits per heavy atom. The SMILES string of the molecule is N#Cc1ccc(-c2cccc3c2Oc2ccccc2C32c3ccccc3-c3c(-c4ccc(-c5nc(-c6ccccc6)cc(-c6ccccc6)n5)cc4)cccc32)cc1. The van der Waals surface area contributed by atoms with E-state index in [0.717, 1.165) is 73.0 Å². The van der Waals surface area contributed by atoms with Crippen LogP contribution in [0.25, 0.3) is 67.3 Å². The van der Waals surface area contributed by atoms with Gasteiger partial charge in [0, 0.05) is 33.4 Å². The summed E-state index contributed by atoms with van der Waals surface area (Å²) < 4.78 is 6.90. The Bertz CT molecular complexity index is 3020. The van der Waals surface area contributed by atoms with Crippen molar-refractivity contribution in [2.45, 2.75) is 5.41 Å². The van der Waals surface area contributed by atoms with Crippen molar-refractivity contribution in [3.8, 4) is 84.9 Å². The second-order valence-corrected chi connectivity index (χ2v) is 14.8. The third kappa shape index (κ3) is 5.15. The molecule has 270 valence electrons. The van der Waals surface area contributed by atoms with Crippen LogP contribution in [0.3, 0.4) is 0 Å². The van der Waals surface area contributed by atoms with Crippen LogP contribution in [-0.4, -0.2) is 9.97 Å². The summed E-state index contributed by atoms with van der Waals surface area (Å²) in [5, 5.41) is 9.51. The molecule has 0 bridgehead atoms. The van der Waals surface area contributed by atoms with Gasteiger partial charge in [0.15, 0.2) is 5.82 Å². The molecule has 0 saturated heterocycles. The molecular formula is C54H33N3O. The Balaban J connectivity index is 1.08. The lowest BCUT2D eigenvalue weighted by atomic mass is 9.65. The van der Waals surface area contributed by atoms with Gasteiger partial charge in [-0.1, -0.05) is 176 Å². The zero-order valence-electron chi connectivity index (χ0n) is 31.3. The highest BCUT2D eigenvalue weighted by Gasteiger charge is 2.52. The fourth-order valence-electron chi connectivity index (χ4n) is 9.05. The zero-order valence-corrected chi connectivity index (χ0v) is 31.3. The maximum atomic E-state index is 9.51. The smallest absolute Gasteiger partial charge is 0.160 e. The van der Waals surface area contributed by atoms with E-state index >= 15 is 0 Å². The number of nitriles is 1. The van der Waals surface area contributed by atoms with Gasteiger partial charge in [-0.15, -0.1) is 0 Å². The molecule has 0 fully saturated rings. The summed E-state index contributed by atoms with van der Waals surface area (Å²) in [4.78, 5) is 10.2. The number of rotatable bonds is 5. The molecule has 1 spiro atoms. The van der Waals surface area contributed by atoms with Crippen LogP contribution in [0.1, 0.15) is 27.8 Å². The highest BCUT2D eigenvalue weighted by atomic mass is 16.5. The van der Waals surface area contributed by atoms with Gasteiger partial charge >= 0.3 is 0 Å². The van der Waals surface area contributed by atoms with Crippen LogP contribution < -0.4 is 4.74 Å². The third-order valence-electron chi connectivity index (χ3n) is 11.6. The number of aromatic nitrogens is 2. The number of hydrogen-bond acceptors (Lipinski definition) is 4. The summed E-state index contributed by atoms with van der Waals surface area (Å²) in [6, 6.07) is 71.8. The molecule has 58 heavy (non-hydrogen) atoms. The van der Waals surface area contributed by atoms with E-state index in [2.05, 4.69) is 140 Å². The topological polar surface area (TPSA) is 58.8 Å². The van der Waals surface area contributed by atoms with Crippen LogP contribution in [0.5, 0.6) is 11.5 Å². The fourth-order valence-corrected chi connectivity index (χ4v) is 9.05. The monoisotopic (exact) mass is 739 g/mol. The van der Waals surface area contributed by atoms with Crippen molar-refractivity contribution in [1.29, 1.82) is 5.26 Å². The summed E-state index contributed by atoms with van der Waals surface area (Å²) in [6.07, 6.45) is 0. The molecule has 2 aliphatic rings. The highest BCUT2D eigenvalue weighted by Crippen LogP contribution is 2.64. The average molecular weight is 740 g/mol. The van der Waals surface area contributed by atoms with Crippen molar-refractivity contribution in [3.63, 3.8) is 0 Å². The lowest BCUT2D eigenvalue weighted by molar-refractivity contribution is 0.438.